The van der Waals surface area contributed by atoms with Crippen molar-refractivity contribution in [2.24, 2.45) is 0 Å². The maximum atomic E-state index is 13.0. The number of hydrogen-bond donors (Lipinski definition) is 0. The van der Waals surface area contributed by atoms with Crippen LogP contribution >= 0.6 is 23.2 Å². The summed E-state index contributed by atoms with van der Waals surface area (Å²) in [6, 6.07) is 10.9. The fraction of sp³-hybridized carbons (Fsp3) is 0.316. The molecule has 0 spiro atoms. The lowest BCUT2D eigenvalue weighted by atomic mass is 10.0. The third-order valence-corrected chi connectivity index (χ3v) is 5.17. The number of halogens is 2. The van der Waals surface area contributed by atoms with Gasteiger partial charge in [0.1, 0.15) is 13.2 Å². The number of likely N-dealkylation sites (tertiary alicyclic amines) is 1. The van der Waals surface area contributed by atoms with Crippen LogP contribution in [0.15, 0.2) is 36.4 Å². The summed E-state index contributed by atoms with van der Waals surface area (Å²) in [5.41, 5.74) is 1.54. The van der Waals surface area contributed by atoms with E-state index in [1.807, 2.05) is 23.1 Å². The van der Waals surface area contributed by atoms with Gasteiger partial charge in [0.25, 0.3) is 5.91 Å². The summed E-state index contributed by atoms with van der Waals surface area (Å²) in [5.74, 6) is 1.43. The molecule has 130 valence electrons. The third-order valence-electron chi connectivity index (χ3n) is 4.63. The van der Waals surface area contributed by atoms with Crippen LogP contribution in [-0.2, 0) is 0 Å². The lowest BCUT2D eigenvalue weighted by Gasteiger charge is -2.27. The number of benzene rings is 2. The minimum atomic E-state index is -0.0703. The average molecular weight is 378 g/mol. The quantitative estimate of drug-likeness (QED) is 0.758. The normalized spacial score (nSPS) is 19.1. The molecule has 2 heterocycles. The van der Waals surface area contributed by atoms with Crippen molar-refractivity contribution >= 4 is 29.1 Å². The number of fused-ring (bicyclic) bond motifs is 1. The monoisotopic (exact) mass is 377 g/mol. The van der Waals surface area contributed by atoms with Crippen LogP contribution in [0.3, 0.4) is 0 Å². The standard InChI is InChI=1S/C19H17Cl2NO3/c20-13-4-5-14(15(21)11-13)19(23)22-7-1-2-16(22)12-3-6-17-18(10-12)25-9-8-24-17/h3-6,10-11,16H,1-2,7-9H2/t16-/m1/s1. The van der Waals surface area contributed by atoms with E-state index in [2.05, 4.69) is 0 Å². The van der Waals surface area contributed by atoms with Crippen LogP contribution in [0.1, 0.15) is 34.8 Å². The van der Waals surface area contributed by atoms with Crippen LogP contribution in [0, 0.1) is 0 Å². The molecule has 0 bridgehead atoms. The van der Waals surface area contributed by atoms with E-state index in [9.17, 15) is 4.79 Å². The summed E-state index contributed by atoms with van der Waals surface area (Å²) in [6.07, 6.45) is 1.87. The van der Waals surface area contributed by atoms with E-state index in [0.717, 1.165) is 29.9 Å². The van der Waals surface area contributed by atoms with E-state index < -0.39 is 0 Å². The van der Waals surface area contributed by atoms with Gasteiger partial charge in [-0.25, -0.2) is 0 Å². The van der Waals surface area contributed by atoms with E-state index in [-0.39, 0.29) is 11.9 Å². The van der Waals surface area contributed by atoms with Crippen LogP contribution < -0.4 is 9.47 Å². The van der Waals surface area contributed by atoms with E-state index in [0.29, 0.717) is 35.4 Å². The highest BCUT2D eigenvalue weighted by Gasteiger charge is 2.32. The molecule has 1 saturated heterocycles. The van der Waals surface area contributed by atoms with Gasteiger partial charge in [0.15, 0.2) is 11.5 Å². The van der Waals surface area contributed by atoms with Gasteiger partial charge in [-0.1, -0.05) is 29.3 Å². The van der Waals surface area contributed by atoms with E-state index >= 15 is 0 Å². The summed E-state index contributed by atoms with van der Waals surface area (Å²) in [5, 5.41) is 0.900. The molecular formula is C19H17Cl2NO3. The van der Waals surface area contributed by atoms with Crippen LogP contribution in [-0.4, -0.2) is 30.6 Å². The average Bonchev–Trinajstić information content (AvgIpc) is 3.10. The van der Waals surface area contributed by atoms with E-state index in [1.54, 1.807) is 18.2 Å². The molecule has 1 fully saturated rings. The molecule has 2 aliphatic heterocycles. The number of carbonyl (C=O) groups excluding carboxylic acids is 1. The summed E-state index contributed by atoms with van der Waals surface area (Å²) in [4.78, 5) is 14.9. The first-order valence-corrected chi connectivity index (χ1v) is 9.04. The maximum Gasteiger partial charge on any atom is 0.255 e. The van der Waals surface area contributed by atoms with E-state index in [1.165, 1.54) is 0 Å². The molecular weight excluding hydrogens is 361 g/mol. The molecule has 0 N–H and O–H groups in total. The Labute approximate surface area is 156 Å². The largest absolute Gasteiger partial charge is 0.486 e. The summed E-state index contributed by atoms with van der Waals surface area (Å²) >= 11 is 12.2. The summed E-state index contributed by atoms with van der Waals surface area (Å²) < 4.78 is 11.2. The highest BCUT2D eigenvalue weighted by Crippen LogP contribution is 2.39. The Morgan fingerprint density at radius 1 is 1.04 bits per heavy atom. The van der Waals surface area contributed by atoms with Crippen LogP contribution in [0.25, 0.3) is 0 Å². The van der Waals surface area contributed by atoms with Crippen molar-refractivity contribution < 1.29 is 14.3 Å². The van der Waals surface area contributed by atoms with Gasteiger partial charge in [-0.05, 0) is 48.7 Å². The molecule has 1 atom stereocenters. The van der Waals surface area contributed by atoms with E-state index in [4.69, 9.17) is 32.7 Å². The van der Waals surface area contributed by atoms with Gasteiger partial charge in [-0.15, -0.1) is 0 Å². The SMILES string of the molecule is O=C(c1ccc(Cl)cc1Cl)N1CCC[C@@H]1c1ccc2c(c1)OCCO2. The van der Waals surface area contributed by atoms with Crippen molar-refractivity contribution in [2.75, 3.05) is 19.8 Å². The predicted octanol–water partition coefficient (Wildman–Crippen LogP) is 4.74. The summed E-state index contributed by atoms with van der Waals surface area (Å²) in [6.45, 7) is 1.82. The second-order valence-corrected chi connectivity index (χ2v) is 7.03. The lowest BCUT2D eigenvalue weighted by molar-refractivity contribution is 0.0735. The number of rotatable bonds is 2. The smallest absolute Gasteiger partial charge is 0.255 e. The first-order chi connectivity index (χ1) is 12.1. The third kappa shape index (κ3) is 3.16. The molecule has 0 radical (unpaired) electrons. The lowest BCUT2D eigenvalue weighted by Crippen LogP contribution is -2.30. The van der Waals surface area contributed by atoms with Gasteiger partial charge in [-0.3, -0.25) is 4.79 Å². The van der Waals surface area contributed by atoms with Crippen LogP contribution in [0.2, 0.25) is 10.0 Å². The molecule has 0 saturated carbocycles. The molecule has 0 aromatic heterocycles. The zero-order valence-electron chi connectivity index (χ0n) is 13.5. The predicted molar refractivity (Wildman–Crippen MR) is 96.9 cm³/mol. The van der Waals surface area contributed by atoms with Gasteiger partial charge in [0.2, 0.25) is 0 Å². The molecule has 0 aliphatic carbocycles. The fourth-order valence-electron chi connectivity index (χ4n) is 3.44. The fourth-order valence-corrected chi connectivity index (χ4v) is 3.93. The first-order valence-electron chi connectivity index (χ1n) is 8.29. The minimum Gasteiger partial charge on any atom is -0.486 e. The molecule has 2 aromatic rings. The maximum absolute atomic E-state index is 13.0. The molecule has 4 rings (SSSR count). The minimum absolute atomic E-state index is 0.00933. The molecule has 0 unspecified atom stereocenters. The zero-order chi connectivity index (χ0) is 17.4. The van der Waals surface area contributed by atoms with Crippen molar-refractivity contribution in [3.05, 3.63) is 57.6 Å². The first kappa shape index (κ1) is 16.6. The topological polar surface area (TPSA) is 38.8 Å². The van der Waals surface area contributed by atoms with Gasteiger partial charge in [0.05, 0.1) is 16.6 Å². The highest BCUT2D eigenvalue weighted by molar-refractivity contribution is 6.36. The summed E-state index contributed by atoms with van der Waals surface area (Å²) in [7, 11) is 0. The number of carbonyl (C=O) groups is 1. The molecule has 25 heavy (non-hydrogen) atoms. The Balaban J connectivity index is 1.63. The van der Waals surface area contributed by atoms with Gasteiger partial charge < -0.3 is 14.4 Å². The van der Waals surface area contributed by atoms with Crippen LogP contribution in [0.4, 0.5) is 0 Å². The Hall–Kier alpha value is -1.91. The Kier molecular flexibility index (Phi) is 4.48. The van der Waals surface area contributed by atoms with Crippen molar-refractivity contribution in [3.63, 3.8) is 0 Å². The Morgan fingerprint density at radius 3 is 2.64 bits per heavy atom. The molecule has 2 aliphatic rings. The Morgan fingerprint density at radius 2 is 1.84 bits per heavy atom. The molecule has 1 amide bonds. The van der Waals surface area contributed by atoms with Crippen molar-refractivity contribution in [1.82, 2.24) is 4.90 Å². The second kappa shape index (κ2) is 6.77. The van der Waals surface area contributed by atoms with Crippen molar-refractivity contribution in [1.29, 1.82) is 0 Å². The number of amides is 1. The van der Waals surface area contributed by atoms with Gasteiger partial charge >= 0.3 is 0 Å². The second-order valence-electron chi connectivity index (χ2n) is 6.18. The highest BCUT2D eigenvalue weighted by atomic mass is 35.5. The molecule has 4 nitrogen and oxygen atoms in total. The zero-order valence-corrected chi connectivity index (χ0v) is 15.0. The Bertz CT molecular complexity index is 824. The van der Waals surface area contributed by atoms with Crippen LogP contribution in [0.5, 0.6) is 11.5 Å². The number of nitrogens with zero attached hydrogens (tertiary/aromatic N) is 1. The van der Waals surface area contributed by atoms with Crippen molar-refractivity contribution in [3.8, 4) is 11.5 Å². The number of ether oxygens (including phenoxy) is 2. The van der Waals surface area contributed by atoms with Crippen molar-refractivity contribution in [2.45, 2.75) is 18.9 Å². The van der Waals surface area contributed by atoms with Gasteiger partial charge in [0, 0.05) is 11.6 Å². The molecule has 2 aromatic carbocycles. The van der Waals surface area contributed by atoms with Gasteiger partial charge in [-0.2, -0.15) is 0 Å². The molecule has 6 heteroatoms. The number of hydrogen-bond acceptors (Lipinski definition) is 3.